The van der Waals surface area contributed by atoms with E-state index in [1.807, 2.05) is 6.92 Å². The lowest BCUT2D eigenvalue weighted by molar-refractivity contribution is -0.164. The van der Waals surface area contributed by atoms with Gasteiger partial charge in [-0.25, -0.2) is 0 Å². The maximum absolute atomic E-state index is 12.4. The first-order valence-corrected chi connectivity index (χ1v) is 9.85. The predicted molar refractivity (Wildman–Crippen MR) is 112 cm³/mol. The second kappa shape index (κ2) is 9.27. The van der Waals surface area contributed by atoms with Crippen molar-refractivity contribution in [3.8, 4) is 0 Å². The number of benzene rings is 1. The van der Waals surface area contributed by atoms with Crippen molar-refractivity contribution >= 4 is 23.4 Å². The van der Waals surface area contributed by atoms with Gasteiger partial charge >= 0.3 is 0 Å². The Bertz CT molecular complexity index is 950. The fourth-order valence-electron chi connectivity index (χ4n) is 3.33. The molecule has 10 nitrogen and oxygen atoms in total. The molecule has 0 unspecified atom stereocenters. The van der Waals surface area contributed by atoms with Gasteiger partial charge in [-0.2, -0.15) is 5.10 Å². The number of carbonyl (C=O) groups excluding carboxylic acids is 3. The van der Waals surface area contributed by atoms with Gasteiger partial charge in [-0.1, -0.05) is 12.1 Å². The molecule has 0 bridgehead atoms. The van der Waals surface area contributed by atoms with Crippen LogP contribution in [0, 0.1) is 6.92 Å². The molecule has 3 rings (SSSR count). The van der Waals surface area contributed by atoms with E-state index in [4.69, 9.17) is 4.74 Å². The van der Waals surface area contributed by atoms with E-state index in [2.05, 4.69) is 10.4 Å². The van der Waals surface area contributed by atoms with Crippen LogP contribution < -0.4 is 5.32 Å². The topological polar surface area (TPSA) is 117 Å². The number of aliphatic hydroxyl groups excluding tert-OH is 1. The fraction of sp³-hybridized carbons (Fsp3) is 0.429. The molecule has 0 radical (unpaired) electrons. The normalized spacial score (nSPS) is 18.7. The number of amides is 3. The van der Waals surface area contributed by atoms with E-state index >= 15 is 0 Å². The quantitative estimate of drug-likeness (QED) is 0.684. The van der Waals surface area contributed by atoms with Crippen molar-refractivity contribution < 1.29 is 24.2 Å². The summed E-state index contributed by atoms with van der Waals surface area (Å²) < 4.78 is 7.31. The summed E-state index contributed by atoms with van der Waals surface area (Å²) >= 11 is 0. The minimum atomic E-state index is -0.693. The first kappa shape index (κ1) is 22.4. The Labute approximate surface area is 180 Å². The van der Waals surface area contributed by atoms with E-state index in [1.54, 1.807) is 56.2 Å². The second-order valence-corrected chi connectivity index (χ2v) is 7.66. The van der Waals surface area contributed by atoms with Crippen LogP contribution in [0.2, 0.25) is 0 Å². The zero-order valence-corrected chi connectivity index (χ0v) is 18.0. The third kappa shape index (κ3) is 4.92. The van der Waals surface area contributed by atoms with Crippen LogP contribution in [0.15, 0.2) is 30.3 Å². The highest BCUT2D eigenvalue weighted by Gasteiger charge is 2.38. The highest BCUT2D eigenvalue weighted by Crippen LogP contribution is 2.30. The first-order valence-electron chi connectivity index (χ1n) is 9.85. The smallest absolute Gasteiger partial charge is 0.276 e. The highest BCUT2D eigenvalue weighted by molar-refractivity contribution is 6.02. The molecule has 2 atom stereocenters. The molecule has 0 aliphatic carbocycles. The van der Waals surface area contributed by atoms with Gasteiger partial charge < -0.3 is 25.0 Å². The molecule has 1 fully saturated rings. The summed E-state index contributed by atoms with van der Waals surface area (Å²) in [7, 11) is 4.98. The average Bonchev–Trinajstić information content (AvgIpc) is 3.08. The number of aliphatic hydroxyl groups is 1. The SMILES string of the molecule is Cc1cc(C(=O)Nc2ccc([C@H]3OCC(=O)N(CC(=O)N(C)C)[C@@H]3CO)cc2)nn1C. The molecule has 1 saturated heterocycles. The number of carbonyl (C=O) groups is 3. The van der Waals surface area contributed by atoms with Crippen LogP contribution in [-0.4, -0.2) is 82.3 Å². The van der Waals surface area contributed by atoms with Crippen molar-refractivity contribution in [2.75, 3.05) is 39.2 Å². The van der Waals surface area contributed by atoms with Crippen LogP contribution >= 0.6 is 0 Å². The summed E-state index contributed by atoms with van der Waals surface area (Å²) in [6.07, 6.45) is -0.596. The van der Waals surface area contributed by atoms with Gasteiger partial charge in [-0.05, 0) is 30.7 Å². The van der Waals surface area contributed by atoms with Gasteiger partial charge in [0.25, 0.3) is 5.91 Å². The van der Waals surface area contributed by atoms with E-state index in [0.29, 0.717) is 11.4 Å². The molecule has 2 aromatic rings. The molecule has 0 spiro atoms. The summed E-state index contributed by atoms with van der Waals surface area (Å²) in [5, 5.41) is 16.9. The van der Waals surface area contributed by atoms with Crippen molar-refractivity contribution in [2.45, 2.75) is 19.1 Å². The van der Waals surface area contributed by atoms with Crippen molar-refractivity contribution in [2.24, 2.45) is 7.05 Å². The number of likely N-dealkylation sites (N-methyl/N-ethyl adjacent to an activating group) is 1. The summed E-state index contributed by atoms with van der Waals surface area (Å²) in [5.74, 6) is -0.909. The van der Waals surface area contributed by atoms with Gasteiger partial charge in [-0.15, -0.1) is 0 Å². The van der Waals surface area contributed by atoms with E-state index in [9.17, 15) is 19.5 Å². The van der Waals surface area contributed by atoms with Crippen LogP contribution in [0.4, 0.5) is 5.69 Å². The van der Waals surface area contributed by atoms with Crippen LogP contribution in [-0.2, 0) is 21.4 Å². The van der Waals surface area contributed by atoms with Crippen LogP contribution in [0.1, 0.15) is 27.8 Å². The molecular formula is C21H27N5O5. The third-order valence-electron chi connectivity index (χ3n) is 5.29. The Morgan fingerprint density at radius 2 is 1.97 bits per heavy atom. The number of aryl methyl sites for hydroxylation is 2. The molecule has 2 N–H and O–H groups in total. The molecule has 1 aliphatic heterocycles. The lowest BCUT2D eigenvalue weighted by Gasteiger charge is -2.40. The second-order valence-electron chi connectivity index (χ2n) is 7.66. The minimum Gasteiger partial charge on any atom is -0.394 e. The Morgan fingerprint density at radius 1 is 1.29 bits per heavy atom. The number of aromatic nitrogens is 2. The zero-order valence-electron chi connectivity index (χ0n) is 18.0. The Hall–Kier alpha value is -3.24. The maximum Gasteiger partial charge on any atom is 0.276 e. The standard InChI is InChI=1S/C21H27N5O5/c1-13-9-16(23-25(13)4)21(30)22-15-7-5-14(6-8-15)20-17(11-27)26(19(29)12-31-20)10-18(28)24(2)3/h5-9,17,20,27H,10-12H2,1-4H3,(H,22,30)/t17-,20-/m1/s1. The number of hydrogen-bond acceptors (Lipinski definition) is 6. The van der Waals surface area contributed by atoms with Crippen molar-refractivity contribution in [3.05, 3.63) is 47.3 Å². The van der Waals surface area contributed by atoms with E-state index in [1.165, 1.54) is 9.80 Å². The number of nitrogens with zero attached hydrogens (tertiary/aromatic N) is 4. The van der Waals surface area contributed by atoms with Crippen LogP contribution in [0.5, 0.6) is 0 Å². The number of morpholine rings is 1. The Kier molecular flexibility index (Phi) is 6.71. The van der Waals surface area contributed by atoms with Crippen molar-refractivity contribution in [3.63, 3.8) is 0 Å². The number of ether oxygens (including phenoxy) is 1. The average molecular weight is 429 g/mol. The number of nitrogens with one attached hydrogen (secondary N) is 1. The molecule has 1 aromatic heterocycles. The summed E-state index contributed by atoms with van der Waals surface area (Å²) in [5.41, 5.74) is 2.49. The summed E-state index contributed by atoms with van der Waals surface area (Å²) in [4.78, 5) is 39.5. The molecule has 1 aliphatic rings. The van der Waals surface area contributed by atoms with E-state index in [0.717, 1.165) is 11.3 Å². The highest BCUT2D eigenvalue weighted by atomic mass is 16.5. The van der Waals surface area contributed by atoms with Crippen LogP contribution in [0.3, 0.4) is 0 Å². The predicted octanol–water partition coefficient (Wildman–Crippen LogP) is 0.330. The molecule has 0 saturated carbocycles. The van der Waals surface area contributed by atoms with Gasteiger partial charge in [0, 0.05) is 32.5 Å². The largest absolute Gasteiger partial charge is 0.394 e. The Morgan fingerprint density at radius 3 is 2.52 bits per heavy atom. The van der Waals surface area contributed by atoms with Crippen LogP contribution in [0.25, 0.3) is 0 Å². The van der Waals surface area contributed by atoms with Crippen molar-refractivity contribution in [1.82, 2.24) is 19.6 Å². The zero-order chi connectivity index (χ0) is 22.7. The molecule has 10 heteroatoms. The number of anilines is 1. The maximum atomic E-state index is 12.4. The van der Waals surface area contributed by atoms with Gasteiger partial charge in [0.2, 0.25) is 11.8 Å². The molecule has 31 heavy (non-hydrogen) atoms. The molecule has 2 heterocycles. The number of hydrogen-bond donors (Lipinski definition) is 2. The van der Waals surface area contributed by atoms with Gasteiger partial charge in [0.1, 0.15) is 19.3 Å². The fourth-order valence-corrected chi connectivity index (χ4v) is 3.33. The molecule has 3 amide bonds. The molecule has 1 aromatic carbocycles. The van der Waals surface area contributed by atoms with Gasteiger partial charge in [0.15, 0.2) is 5.69 Å². The molecule has 166 valence electrons. The monoisotopic (exact) mass is 429 g/mol. The Balaban J connectivity index is 1.73. The lowest BCUT2D eigenvalue weighted by Crippen LogP contribution is -2.55. The molecular weight excluding hydrogens is 402 g/mol. The van der Waals surface area contributed by atoms with E-state index < -0.39 is 12.1 Å². The third-order valence-corrected chi connectivity index (χ3v) is 5.29. The summed E-state index contributed by atoms with van der Waals surface area (Å²) in [6, 6.07) is 7.95. The number of rotatable bonds is 6. The first-order chi connectivity index (χ1) is 14.7. The van der Waals surface area contributed by atoms with Gasteiger partial charge in [0.05, 0.1) is 12.6 Å². The lowest BCUT2D eigenvalue weighted by atomic mass is 9.99. The minimum absolute atomic E-state index is 0.130. The summed E-state index contributed by atoms with van der Waals surface area (Å²) in [6.45, 7) is 1.20. The van der Waals surface area contributed by atoms with E-state index in [-0.39, 0.29) is 37.5 Å². The van der Waals surface area contributed by atoms with Gasteiger partial charge in [-0.3, -0.25) is 19.1 Å². The van der Waals surface area contributed by atoms with Crippen molar-refractivity contribution in [1.29, 1.82) is 0 Å².